The zero-order valence-electron chi connectivity index (χ0n) is 21.3. The fraction of sp³-hybridized carbons (Fsp3) is 0.448. The lowest BCUT2D eigenvalue weighted by Crippen LogP contribution is -2.61. The highest BCUT2D eigenvalue weighted by atomic mass is 35.5. The van der Waals surface area contributed by atoms with E-state index >= 15 is 0 Å². The van der Waals surface area contributed by atoms with Gasteiger partial charge in [0.1, 0.15) is 5.75 Å². The van der Waals surface area contributed by atoms with Gasteiger partial charge in [-0.1, -0.05) is 47.5 Å². The fourth-order valence-electron chi connectivity index (χ4n) is 6.13. The van der Waals surface area contributed by atoms with Crippen LogP contribution in [0.4, 0.5) is 0 Å². The summed E-state index contributed by atoms with van der Waals surface area (Å²) in [5, 5.41) is 4.17. The van der Waals surface area contributed by atoms with Crippen molar-refractivity contribution in [2.75, 3.05) is 26.7 Å². The average Bonchev–Trinajstić information content (AvgIpc) is 2.86. The largest absolute Gasteiger partial charge is 0.427 e. The average molecular weight is 546 g/mol. The van der Waals surface area contributed by atoms with Gasteiger partial charge in [-0.2, -0.15) is 0 Å². The molecule has 2 aromatic rings. The van der Waals surface area contributed by atoms with E-state index in [-0.39, 0.29) is 41.8 Å². The minimum Gasteiger partial charge on any atom is -0.427 e. The first-order chi connectivity index (χ1) is 17.7. The third kappa shape index (κ3) is 6.37. The molecule has 1 saturated carbocycles. The molecule has 1 heterocycles. The Kier molecular flexibility index (Phi) is 8.96. The first-order valence-electron chi connectivity index (χ1n) is 12.6. The summed E-state index contributed by atoms with van der Waals surface area (Å²) in [5.41, 5.74) is 1.68. The maximum atomic E-state index is 13.1. The van der Waals surface area contributed by atoms with E-state index in [2.05, 4.69) is 22.9 Å². The summed E-state index contributed by atoms with van der Waals surface area (Å²) in [6.45, 7) is 7.91. The highest BCUT2D eigenvalue weighted by Crippen LogP contribution is 2.50. The van der Waals surface area contributed by atoms with Crippen LogP contribution in [0.5, 0.6) is 5.75 Å². The van der Waals surface area contributed by atoms with Crippen LogP contribution in [0.1, 0.15) is 37.3 Å². The van der Waals surface area contributed by atoms with Gasteiger partial charge in [-0.15, -0.1) is 6.58 Å². The molecule has 1 amide bonds. The van der Waals surface area contributed by atoms with Crippen molar-refractivity contribution in [2.45, 2.75) is 50.2 Å². The lowest BCUT2D eigenvalue weighted by Gasteiger charge is -2.55. The molecule has 4 atom stereocenters. The Hall–Kier alpha value is -2.38. The molecule has 1 N–H and O–H groups in total. The summed E-state index contributed by atoms with van der Waals surface area (Å²) >= 11 is 12.2. The molecule has 0 bridgehead atoms. The molecule has 1 saturated heterocycles. The number of methoxy groups -OCH3 is 1. The van der Waals surface area contributed by atoms with Crippen molar-refractivity contribution in [1.29, 1.82) is 0 Å². The van der Waals surface area contributed by atoms with Crippen LogP contribution < -0.4 is 10.1 Å². The molecule has 37 heavy (non-hydrogen) atoms. The molecule has 0 spiro atoms. The van der Waals surface area contributed by atoms with Gasteiger partial charge in [0.25, 0.3) is 0 Å². The molecule has 0 radical (unpaired) electrons. The van der Waals surface area contributed by atoms with Gasteiger partial charge >= 0.3 is 5.97 Å². The molecule has 6 nitrogen and oxygen atoms in total. The van der Waals surface area contributed by atoms with Gasteiger partial charge in [-0.05, 0) is 61.2 Å². The molecule has 2 aromatic carbocycles. The van der Waals surface area contributed by atoms with Crippen molar-refractivity contribution >= 4 is 35.1 Å². The number of nitrogens with zero attached hydrogens (tertiary/aromatic N) is 1. The van der Waals surface area contributed by atoms with Gasteiger partial charge in [-0.25, -0.2) is 0 Å². The maximum absolute atomic E-state index is 13.1. The van der Waals surface area contributed by atoms with Crippen LogP contribution in [0.15, 0.2) is 55.1 Å². The standard InChI is InChI=1S/C29H34Cl2N2O4/c1-4-11-33-12-10-29(21-6-5-7-23(15-21)37-19(2)34)17-22(16-27(36-3)24(29)18-33)32-28(35)14-20-8-9-25(30)26(31)13-20/h4-9,13,15,22,24,27H,1,10-12,14,16-18H2,2-3H3,(H,32,35)/t22-,24?,27?,29?/m0/s1. The lowest BCUT2D eigenvalue weighted by molar-refractivity contribution is -0.132. The Labute approximate surface area is 228 Å². The summed E-state index contributed by atoms with van der Waals surface area (Å²) in [4.78, 5) is 27.1. The number of rotatable bonds is 8. The Morgan fingerprint density at radius 2 is 2.03 bits per heavy atom. The van der Waals surface area contributed by atoms with Crippen LogP contribution in [0, 0.1) is 5.92 Å². The predicted molar refractivity (Wildman–Crippen MR) is 146 cm³/mol. The van der Waals surface area contributed by atoms with Crippen LogP contribution in [0.2, 0.25) is 10.0 Å². The lowest BCUT2D eigenvalue weighted by atomic mass is 9.57. The molecule has 2 fully saturated rings. The summed E-state index contributed by atoms with van der Waals surface area (Å²) in [7, 11) is 1.75. The van der Waals surface area contributed by atoms with E-state index < -0.39 is 0 Å². The van der Waals surface area contributed by atoms with E-state index in [1.165, 1.54) is 6.92 Å². The number of nitrogens with one attached hydrogen (secondary N) is 1. The number of ether oxygens (including phenoxy) is 2. The van der Waals surface area contributed by atoms with E-state index in [9.17, 15) is 9.59 Å². The summed E-state index contributed by atoms with van der Waals surface area (Å²) in [6.07, 6.45) is 4.50. The van der Waals surface area contributed by atoms with Crippen molar-refractivity contribution in [2.24, 2.45) is 5.92 Å². The first-order valence-corrected chi connectivity index (χ1v) is 13.4. The van der Waals surface area contributed by atoms with Crippen molar-refractivity contribution in [3.63, 3.8) is 0 Å². The van der Waals surface area contributed by atoms with Crippen LogP contribution in [0.3, 0.4) is 0 Å². The highest BCUT2D eigenvalue weighted by Gasteiger charge is 2.52. The van der Waals surface area contributed by atoms with Gasteiger partial charge in [-0.3, -0.25) is 14.5 Å². The molecule has 0 aromatic heterocycles. The second-order valence-corrected chi connectivity index (χ2v) is 10.9. The normalized spacial score (nSPS) is 25.7. The topological polar surface area (TPSA) is 67.9 Å². The Balaban J connectivity index is 1.61. The summed E-state index contributed by atoms with van der Waals surface area (Å²) < 4.78 is 11.5. The number of piperidine rings is 1. The molecule has 2 aliphatic rings. The summed E-state index contributed by atoms with van der Waals surface area (Å²) in [6, 6.07) is 13.0. The van der Waals surface area contributed by atoms with Gasteiger partial charge in [0.05, 0.1) is 22.6 Å². The van der Waals surface area contributed by atoms with Crippen molar-refractivity contribution < 1.29 is 19.1 Å². The zero-order chi connectivity index (χ0) is 26.6. The van der Waals surface area contributed by atoms with Gasteiger partial charge in [0.15, 0.2) is 0 Å². The van der Waals surface area contributed by atoms with E-state index in [0.29, 0.717) is 15.8 Å². The molecular weight excluding hydrogens is 511 g/mol. The quantitative estimate of drug-likeness (QED) is 0.281. The smallest absolute Gasteiger partial charge is 0.308 e. The predicted octanol–water partition coefficient (Wildman–Crippen LogP) is 5.20. The molecular formula is C29H34Cl2N2O4. The number of halogens is 2. The number of carbonyl (C=O) groups is 2. The minimum absolute atomic E-state index is 0.0472. The fourth-order valence-corrected chi connectivity index (χ4v) is 6.45. The number of benzene rings is 2. The maximum Gasteiger partial charge on any atom is 0.308 e. The third-order valence-electron chi connectivity index (χ3n) is 7.69. The number of hydrogen-bond donors (Lipinski definition) is 1. The number of likely N-dealkylation sites (tertiary alicyclic amines) is 1. The number of esters is 1. The Morgan fingerprint density at radius 1 is 1.22 bits per heavy atom. The number of carbonyl (C=O) groups excluding carboxylic acids is 2. The van der Waals surface area contributed by atoms with Crippen molar-refractivity contribution in [3.05, 3.63) is 76.3 Å². The molecule has 1 aliphatic heterocycles. The number of fused-ring (bicyclic) bond motifs is 1. The number of hydrogen-bond acceptors (Lipinski definition) is 5. The zero-order valence-corrected chi connectivity index (χ0v) is 22.9. The monoisotopic (exact) mass is 544 g/mol. The second kappa shape index (κ2) is 12.0. The number of amides is 1. The van der Waals surface area contributed by atoms with Gasteiger partial charge < -0.3 is 14.8 Å². The van der Waals surface area contributed by atoms with Crippen LogP contribution >= 0.6 is 23.2 Å². The van der Waals surface area contributed by atoms with E-state index in [1.807, 2.05) is 24.3 Å². The highest BCUT2D eigenvalue weighted by molar-refractivity contribution is 6.42. The first kappa shape index (κ1) is 27.6. The van der Waals surface area contributed by atoms with E-state index in [0.717, 1.165) is 50.0 Å². The van der Waals surface area contributed by atoms with E-state index in [1.54, 1.807) is 25.3 Å². The minimum atomic E-state index is -0.349. The Morgan fingerprint density at radius 3 is 2.73 bits per heavy atom. The molecule has 4 rings (SSSR count). The van der Waals surface area contributed by atoms with Gasteiger partial charge in [0.2, 0.25) is 5.91 Å². The SMILES string of the molecule is C=CCN1CCC2(c3cccc(OC(C)=O)c3)C[C@@H](NC(=O)Cc3ccc(Cl)c(Cl)c3)CC(OC)C2C1. The van der Waals surface area contributed by atoms with Crippen molar-refractivity contribution in [3.8, 4) is 5.75 Å². The van der Waals surface area contributed by atoms with Crippen LogP contribution in [-0.4, -0.2) is 55.7 Å². The Bertz CT molecular complexity index is 1160. The van der Waals surface area contributed by atoms with Crippen LogP contribution in [-0.2, 0) is 26.2 Å². The van der Waals surface area contributed by atoms with Crippen LogP contribution in [0.25, 0.3) is 0 Å². The third-order valence-corrected chi connectivity index (χ3v) is 8.43. The second-order valence-electron chi connectivity index (χ2n) is 10.1. The van der Waals surface area contributed by atoms with Crippen molar-refractivity contribution in [1.82, 2.24) is 10.2 Å². The van der Waals surface area contributed by atoms with E-state index in [4.69, 9.17) is 32.7 Å². The molecule has 3 unspecified atom stereocenters. The molecule has 8 heteroatoms. The summed E-state index contributed by atoms with van der Waals surface area (Å²) in [5.74, 6) is 0.329. The van der Waals surface area contributed by atoms with Gasteiger partial charge in [0, 0.05) is 44.5 Å². The molecule has 1 aliphatic carbocycles. The molecule has 198 valence electrons.